The van der Waals surface area contributed by atoms with Crippen molar-refractivity contribution < 1.29 is 9.84 Å². The second-order valence-corrected chi connectivity index (χ2v) is 6.03. The van der Waals surface area contributed by atoms with Gasteiger partial charge >= 0.3 is 0 Å². The zero-order chi connectivity index (χ0) is 15.1. The molecule has 1 heterocycles. The zero-order valence-electron chi connectivity index (χ0n) is 13.2. The number of nitrogens with zero attached hydrogens (tertiary/aromatic N) is 1. The fourth-order valence-electron chi connectivity index (χ4n) is 2.86. The Morgan fingerprint density at radius 1 is 1.38 bits per heavy atom. The number of benzene rings is 1. The predicted molar refractivity (Wildman–Crippen MR) is 85.7 cm³/mol. The van der Waals surface area contributed by atoms with Crippen molar-refractivity contribution in [3.05, 3.63) is 29.8 Å². The summed E-state index contributed by atoms with van der Waals surface area (Å²) < 4.78 is 5.18. The number of aliphatic hydroxyl groups is 1. The molecule has 0 aliphatic carbocycles. The van der Waals surface area contributed by atoms with E-state index in [0.29, 0.717) is 6.54 Å². The van der Waals surface area contributed by atoms with Crippen molar-refractivity contribution in [1.29, 1.82) is 0 Å². The lowest BCUT2D eigenvalue weighted by Gasteiger charge is -2.29. The van der Waals surface area contributed by atoms with Crippen LogP contribution in [0.5, 0.6) is 5.75 Å². The largest absolute Gasteiger partial charge is 0.497 e. The van der Waals surface area contributed by atoms with Crippen LogP contribution in [0.2, 0.25) is 0 Å². The lowest BCUT2D eigenvalue weighted by Crippen LogP contribution is -2.32. The van der Waals surface area contributed by atoms with Crippen LogP contribution in [0.15, 0.2) is 24.3 Å². The SMILES string of the molecule is COc1cccc(C(O)CNCCC2CCN(C)CC2)c1. The van der Waals surface area contributed by atoms with Crippen LogP contribution in [-0.4, -0.2) is 50.3 Å². The van der Waals surface area contributed by atoms with Crippen molar-refractivity contribution in [2.75, 3.05) is 40.3 Å². The van der Waals surface area contributed by atoms with Crippen molar-refractivity contribution in [3.63, 3.8) is 0 Å². The van der Waals surface area contributed by atoms with Gasteiger partial charge in [0.25, 0.3) is 0 Å². The Hall–Kier alpha value is -1.10. The van der Waals surface area contributed by atoms with Gasteiger partial charge in [0.05, 0.1) is 13.2 Å². The predicted octanol–water partition coefficient (Wildman–Crippen LogP) is 2.05. The van der Waals surface area contributed by atoms with E-state index in [2.05, 4.69) is 17.3 Å². The number of piperidine rings is 1. The Labute approximate surface area is 128 Å². The van der Waals surface area contributed by atoms with Gasteiger partial charge in [-0.15, -0.1) is 0 Å². The lowest BCUT2D eigenvalue weighted by molar-refractivity contribution is 0.170. The average Bonchev–Trinajstić information content (AvgIpc) is 2.53. The van der Waals surface area contributed by atoms with Crippen LogP contribution < -0.4 is 10.1 Å². The monoisotopic (exact) mass is 292 g/mol. The second kappa shape index (κ2) is 8.37. The highest BCUT2D eigenvalue weighted by atomic mass is 16.5. The third-order valence-corrected chi connectivity index (χ3v) is 4.38. The van der Waals surface area contributed by atoms with Gasteiger partial charge in [-0.05, 0) is 69.6 Å². The quantitative estimate of drug-likeness (QED) is 0.755. The normalized spacial score (nSPS) is 18.6. The minimum atomic E-state index is -0.474. The molecule has 1 aromatic rings. The number of methoxy groups -OCH3 is 1. The third kappa shape index (κ3) is 5.30. The van der Waals surface area contributed by atoms with Crippen LogP contribution in [0.25, 0.3) is 0 Å². The number of ether oxygens (including phenoxy) is 1. The molecule has 2 rings (SSSR count). The molecule has 0 spiro atoms. The Morgan fingerprint density at radius 2 is 2.14 bits per heavy atom. The molecule has 1 unspecified atom stereocenters. The summed E-state index contributed by atoms with van der Waals surface area (Å²) in [6.07, 6.45) is 3.34. The summed E-state index contributed by atoms with van der Waals surface area (Å²) >= 11 is 0. The molecule has 2 N–H and O–H groups in total. The van der Waals surface area contributed by atoms with Crippen LogP contribution in [-0.2, 0) is 0 Å². The summed E-state index contributed by atoms with van der Waals surface area (Å²) in [5.74, 6) is 1.63. The first-order valence-electron chi connectivity index (χ1n) is 7.90. The second-order valence-electron chi connectivity index (χ2n) is 6.03. The smallest absolute Gasteiger partial charge is 0.119 e. The standard InChI is InChI=1S/C17H28N2O2/c1-19-10-7-14(8-11-19)6-9-18-13-17(20)15-4-3-5-16(12-15)21-2/h3-5,12,14,17-18,20H,6-11,13H2,1-2H3. The minimum absolute atomic E-state index is 0.474. The molecular weight excluding hydrogens is 264 g/mol. The van der Waals surface area contributed by atoms with Crippen LogP contribution in [0.4, 0.5) is 0 Å². The van der Waals surface area contributed by atoms with E-state index in [4.69, 9.17) is 4.74 Å². The summed E-state index contributed by atoms with van der Waals surface area (Å²) in [6, 6.07) is 7.63. The molecule has 1 aliphatic heterocycles. The molecular formula is C17H28N2O2. The van der Waals surface area contributed by atoms with Crippen molar-refractivity contribution in [2.45, 2.75) is 25.4 Å². The van der Waals surface area contributed by atoms with E-state index >= 15 is 0 Å². The Morgan fingerprint density at radius 3 is 2.86 bits per heavy atom. The van der Waals surface area contributed by atoms with Crippen molar-refractivity contribution in [3.8, 4) is 5.75 Å². The molecule has 1 fully saturated rings. The number of hydrogen-bond acceptors (Lipinski definition) is 4. The summed E-state index contributed by atoms with van der Waals surface area (Å²) in [5, 5.41) is 13.6. The molecule has 0 amide bonds. The van der Waals surface area contributed by atoms with E-state index in [1.807, 2.05) is 24.3 Å². The van der Waals surface area contributed by atoms with Gasteiger partial charge in [0.2, 0.25) is 0 Å². The maximum Gasteiger partial charge on any atom is 0.119 e. The lowest BCUT2D eigenvalue weighted by atomic mass is 9.94. The molecule has 21 heavy (non-hydrogen) atoms. The topological polar surface area (TPSA) is 44.7 Å². The number of hydrogen-bond donors (Lipinski definition) is 2. The minimum Gasteiger partial charge on any atom is -0.497 e. The first-order valence-corrected chi connectivity index (χ1v) is 7.90. The van der Waals surface area contributed by atoms with Crippen molar-refractivity contribution in [1.82, 2.24) is 10.2 Å². The van der Waals surface area contributed by atoms with Gasteiger partial charge in [-0.2, -0.15) is 0 Å². The van der Waals surface area contributed by atoms with Gasteiger partial charge in [0.1, 0.15) is 5.75 Å². The molecule has 1 saturated heterocycles. The molecule has 1 atom stereocenters. The van der Waals surface area contributed by atoms with Gasteiger partial charge in [0, 0.05) is 6.54 Å². The van der Waals surface area contributed by atoms with Crippen LogP contribution in [0.1, 0.15) is 30.9 Å². The van der Waals surface area contributed by atoms with E-state index in [0.717, 1.165) is 23.8 Å². The summed E-state index contributed by atoms with van der Waals surface area (Å²) in [4.78, 5) is 2.40. The molecule has 0 radical (unpaired) electrons. The molecule has 4 nitrogen and oxygen atoms in total. The summed E-state index contributed by atoms with van der Waals surface area (Å²) in [5.41, 5.74) is 0.904. The molecule has 4 heteroatoms. The molecule has 0 saturated carbocycles. The van der Waals surface area contributed by atoms with Crippen molar-refractivity contribution in [2.24, 2.45) is 5.92 Å². The average molecular weight is 292 g/mol. The van der Waals surface area contributed by atoms with E-state index in [9.17, 15) is 5.11 Å². The van der Waals surface area contributed by atoms with Gasteiger partial charge in [0.15, 0.2) is 0 Å². The molecule has 0 aromatic heterocycles. The third-order valence-electron chi connectivity index (χ3n) is 4.38. The number of rotatable bonds is 7. The fourth-order valence-corrected chi connectivity index (χ4v) is 2.86. The number of nitrogens with one attached hydrogen (secondary N) is 1. The van der Waals surface area contributed by atoms with Crippen LogP contribution in [0, 0.1) is 5.92 Å². The van der Waals surface area contributed by atoms with E-state index in [1.165, 1.54) is 32.4 Å². The van der Waals surface area contributed by atoms with Crippen LogP contribution >= 0.6 is 0 Å². The number of likely N-dealkylation sites (tertiary alicyclic amines) is 1. The van der Waals surface area contributed by atoms with E-state index in [-0.39, 0.29) is 0 Å². The summed E-state index contributed by atoms with van der Waals surface area (Å²) in [6.45, 7) is 4.02. The van der Waals surface area contributed by atoms with Gasteiger partial charge in [-0.25, -0.2) is 0 Å². The first kappa shape index (κ1) is 16.3. The van der Waals surface area contributed by atoms with E-state index < -0.39 is 6.10 Å². The molecule has 1 aromatic carbocycles. The molecule has 0 bridgehead atoms. The highest BCUT2D eigenvalue weighted by Gasteiger charge is 2.16. The first-order chi connectivity index (χ1) is 10.2. The molecule has 1 aliphatic rings. The Kier molecular flexibility index (Phi) is 6.49. The Bertz CT molecular complexity index is 417. The highest BCUT2D eigenvalue weighted by molar-refractivity contribution is 5.29. The van der Waals surface area contributed by atoms with Gasteiger partial charge < -0.3 is 20.1 Å². The Balaban J connectivity index is 1.66. The maximum atomic E-state index is 10.2. The zero-order valence-corrected chi connectivity index (χ0v) is 13.2. The van der Waals surface area contributed by atoms with Crippen LogP contribution in [0.3, 0.4) is 0 Å². The van der Waals surface area contributed by atoms with Crippen molar-refractivity contribution >= 4 is 0 Å². The maximum absolute atomic E-state index is 10.2. The van der Waals surface area contributed by atoms with Gasteiger partial charge in [-0.3, -0.25) is 0 Å². The molecule has 118 valence electrons. The van der Waals surface area contributed by atoms with Gasteiger partial charge in [-0.1, -0.05) is 12.1 Å². The van der Waals surface area contributed by atoms with E-state index in [1.54, 1.807) is 7.11 Å². The number of aliphatic hydroxyl groups excluding tert-OH is 1. The highest BCUT2D eigenvalue weighted by Crippen LogP contribution is 2.20. The summed E-state index contributed by atoms with van der Waals surface area (Å²) in [7, 11) is 3.84. The fraction of sp³-hybridized carbons (Fsp3) is 0.647.